The molecule has 0 bridgehead atoms. The third kappa shape index (κ3) is 1.74. The number of methoxy groups -OCH3 is 1. The molecule has 3 aromatic rings. The molecular formula is C13H10N2O4. The second-order valence-electron chi connectivity index (χ2n) is 3.96. The van der Waals surface area contributed by atoms with Crippen LogP contribution in [0.2, 0.25) is 0 Å². The summed E-state index contributed by atoms with van der Waals surface area (Å²) in [4.78, 5) is 13.9. The van der Waals surface area contributed by atoms with E-state index < -0.39 is 5.97 Å². The van der Waals surface area contributed by atoms with Crippen LogP contribution < -0.4 is 4.74 Å². The summed E-state index contributed by atoms with van der Waals surface area (Å²) in [7, 11) is 1.55. The second-order valence-corrected chi connectivity index (χ2v) is 3.96. The number of nitrogens with one attached hydrogen (secondary N) is 1. The van der Waals surface area contributed by atoms with E-state index in [2.05, 4.69) is 10.1 Å². The number of aromatic carboxylic acids is 1. The summed E-state index contributed by atoms with van der Waals surface area (Å²) < 4.78 is 10.4. The van der Waals surface area contributed by atoms with E-state index in [9.17, 15) is 4.79 Å². The van der Waals surface area contributed by atoms with Crippen LogP contribution in [0, 0.1) is 0 Å². The minimum Gasteiger partial charge on any atom is -0.496 e. The number of H-pyrrole nitrogens is 1. The molecule has 2 aromatic heterocycles. The number of nitrogens with zero attached hydrogens (tertiary/aromatic N) is 1. The summed E-state index contributed by atoms with van der Waals surface area (Å²) in [6.07, 6.45) is 1.79. The van der Waals surface area contributed by atoms with Crippen LogP contribution in [0.3, 0.4) is 0 Å². The Kier molecular flexibility index (Phi) is 2.49. The Morgan fingerprint density at radius 1 is 1.42 bits per heavy atom. The molecule has 2 N–H and O–H groups in total. The standard InChI is InChI=1S/C13H10N2O4/c1-18-10-3-2-8-7(4-5-14-8)12(10)11-6-9(13(16)17)15-19-11/h2-6,14H,1H3,(H,16,17). The van der Waals surface area contributed by atoms with E-state index in [4.69, 9.17) is 14.4 Å². The average Bonchev–Trinajstić information content (AvgIpc) is 3.06. The van der Waals surface area contributed by atoms with Crippen LogP contribution in [-0.4, -0.2) is 28.3 Å². The number of carboxylic acids is 1. The van der Waals surface area contributed by atoms with Crippen LogP contribution >= 0.6 is 0 Å². The Labute approximate surface area is 107 Å². The van der Waals surface area contributed by atoms with Crippen molar-refractivity contribution in [3.63, 3.8) is 0 Å². The molecule has 6 nitrogen and oxygen atoms in total. The summed E-state index contributed by atoms with van der Waals surface area (Å²) in [5.41, 5.74) is 1.45. The third-order valence-electron chi connectivity index (χ3n) is 2.89. The molecule has 19 heavy (non-hydrogen) atoms. The molecule has 0 aliphatic carbocycles. The van der Waals surface area contributed by atoms with Crippen LogP contribution in [0.4, 0.5) is 0 Å². The first kappa shape index (κ1) is 11.3. The van der Waals surface area contributed by atoms with Gasteiger partial charge in [-0.3, -0.25) is 0 Å². The van der Waals surface area contributed by atoms with Gasteiger partial charge in [0.25, 0.3) is 0 Å². The van der Waals surface area contributed by atoms with Gasteiger partial charge in [0.15, 0.2) is 11.5 Å². The molecule has 0 aliphatic rings. The zero-order valence-electron chi connectivity index (χ0n) is 10.0. The number of aromatic nitrogens is 2. The van der Waals surface area contributed by atoms with Crippen LogP contribution in [0.15, 0.2) is 35.0 Å². The minimum atomic E-state index is -1.13. The largest absolute Gasteiger partial charge is 0.496 e. The number of benzene rings is 1. The molecule has 0 atom stereocenters. The molecule has 0 fully saturated rings. The van der Waals surface area contributed by atoms with Gasteiger partial charge in [0.2, 0.25) is 0 Å². The Hall–Kier alpha value is -2.76. The molecule has 2 heterocycles. The Balaban J connectivity index is 2.26. The lowest BCUT2D eigenvalue weighted by atomic mass is 10.1. The van der Waals surface area contributed by atoms with Gasteiger partial charge in [0, 0.05) is 23.2 Å². The lowest BCUT2D eigenvalue weighted by Gasteiger charge is -2.06. The summed E-state index contributed by atoms with van der Waals surface area (Å²) in [5, 5.41) is 13.3. The molecule has 1 aromatic carbocycles. The maximum Gasteiger partial charge on any atom is 0.358 e. The fraction of sp³-hybridized carbons (Fsp3) is 0.0769. The van der Waals surface area contributed by atoms with Crippen molar-refractivity contribution >= 4 is 16.9 Å². The van der Waals surface area contributed by atoms with Crippen LogP contribution in [0.25, 0.3) is 22.2 Å². The zero-order chi connectivity index (χ0) is 13.4. The van der Waals surface area contributed by atoms with Gasteiger partial charge in [0.1, 0.15) is 5.75 Å². The van der Waals surface area contributed by atoms with E-state index in [-0.39, 0.29) is 5.69 Å². The van der Waals surface area contributed by atoms with Crippen molar-refractivity contribution in [3.05, 3.63) is 36.2 Å². The molecule has 0 aliphatic heterocycles. The molecule has 0 saturated heterocycles. The average molecular weight is 258 g/mol. The zero-order valence-corrected chi connectivity index (χ0v) is 10.0. The molecule has 3 rings (SSSR count). The van der Waals surface area contributed by atoms with Crippen molar-refractivity contribution in [1.82, 2.24) is 10.1 Å². The van der Waals surface area contributed by atoms with Gasteiger partial charge in [0.05, 0.1) is 12.7 Å². The van der Waals surface area contributed by atoms with E-state index >= 15 is 0 Å². The van der Waals surface area contributed by atoms with Gasteiger partial charge in [-0.1, -0.05) is 5.16 Å². The highest BCUT2D eigenvalue weighted by Gasteiger charge is 2.18. The number of carboxylic acid groups (broad SMARTS) is 1. The first-order valence-corrected chi connectivity index (χ1v) is 5.55. The van der Waals surface area contributed by atoms with Crippen molar-refractivity contribution in [2.24, 2.45) is 0 Å². The van der Waals surface area contributed by atoms with Crippen LogP contribution in [-0.2, 0) is 0 Å². The molecule has 96 valence electrons. The van der Waals surface area contributed by atoms with Gasteiger partial charge in [-0.05, 0) is 18.2 Å². The minimum absolute atomic E-state index is 0.135. The van der Waals surface area contributed by atoms with Crippen molar-refractivity contribution < 1.29 is 19.2 Å². The molecule has 6 heteroatoms. The lowest BCUT2D eigenvalue weighted by Crippen LogP contribution is -1.94. The molecule has 0 unspecified atom stereocenters. The Bertz CT molecular complexity index is 757. The van der Waals surface area contributed by atoms with Gasteiger partial charge < -0.3 is 19.4 Å². The quantitative estimate of drug-likeness (QED) is 0.753. The summed E-state index contributed by atoms with van der Waals surface area (Å²) >= 11 is 0. The number of hydrogen-bond acceptors (Lipinski definition) is 4. The highest BCUT2D eigenvalue weighted by atomic mass is 16.5. The van der Waals surface area contributed by atoms with Crippen LogP contribution in [0.5, 0.6) is 5.75 Å². The number of aromatic amines is 1. The fourth-order valence-corrected chi connectivity index (χ4v) is 2.03. The van der Waals surface area contributed by atoms with Gasteiger partial charge in [-0.15, -0.1) is 0 Å². The molecule has 0 radical (unpaired) electrons. The van der Waals surface area contributed by atoms with E-state index in [1.165, 1.54) is 6.07 Å². The maximum atomic E-state index is 10.9. The monoisotopic (exact) mass is 258 g/mol. The number of fused-ring (bicyclic) bond motifs is 1. The smallest absolute Gasteiger partial charge is 0.358 e. The first-order valence-electron chi connectivity index (χ1n) is 5.55. The Morgan fingerprint density at radius 3 is 2.95 bits per heavy atom. The highest BCUT2D eigenvalue weighted by molar-refractivity contribution is 5.98. The van der Waals surface area contributed by atoms with E-state index in [0.717, 1.165) is 10.9 Å². The fourth-order valence-electron chi connectivity index (χ4n) is 2.03. The van der Waals surface area contributed by atoms with E-state index in [0.29, 0.717) is 17.1 Å². The van der Waals surface area contributed by atoms with Crippen LogP contribution in [0.1, 0.15) is 10.5 Å². The SMILES string of the molecule is COc1ccc2[nH]ccc2c1-c1cc(C(=O)O)no1. The molecule has 0 saturated carbocycles. The number of carbonyl (C=O) groups is 1. The highest BCUT2D eigenvalue weighted by Crippen LogP contribution is 2.36. The Morgan fingerprint density at radius 2 is 2.26 bits per heavy atom. The van der Waals surface area contributed by atoms with Gasteiger partial charge >= 0.3 is 5.97 Å². The molecular weight excluding hydrogens is 248 g/mol. The first-order chi connectivity index (χ1) is 9.20. The molecule has 0 spiro atoms. The molecule has 0 amide bonds. The number of ether oxygens (including phenoxy) is 1. The predicted octanol–water partition coefficient (Wildman–Crippen LogP) is 2.53. The number of hydrogen-bond donors (Lipinski definition) is 2. The summed E-state index contributed by atoms with van der Waals surface area (Å²) in [6.45, 7) is 0. The third-order valence-corrected chi connectivity index (χ3v) is 2.89. The normalized spacial score (nSPS) is 10.8. The summed E-state index contributed by atoms with van der Waals surface area (Å²) in [5.74, 6) is -0.171. The van der Waals surface area contributed by atoms with Crippen molar-refractivity contribution in [3.8, 4) is 17.1 Å². The van der Waals surface area contributed by atoms with E-state index in [1.54, 1.807) is 19.4 Å². The predicted molar refractivity (Wildman–Crippen MR) is 67.3 cm³/mol. The second kappa shape index (κ2) is 4.16. The van der Waals surface area contributed by atoms with E-state index in [1.807, 2.05) is 12.1 Å². The van der Waals surface area contributed by atoms with Gasteiger partial charge in [-0.25, -0.2) is 4.79 Å². The topological polar surface area (TPSA) is 88.4 Å². The maximum absolute atomic E-state index is 10.9. The summed E-state index contributed by atoms with van der Waals surface area (Å²) in [6, 6.07) is 6.92. The number of rotatable bonds is 3. The van der Waals surface area contributed by atoms with Crippen molar-refractivity contribution in [2.45, 2.75) is 0 Å². The van der Waals surface area contributed by atoms with Crippen molar-refractivity contribution in [2.75, 3.05) is 7.11 Å². The van der Waals surface area contributed by atoms with Crippen molar-refractivity contribution in [1.29, 1.82) is 0 Å². The van der Waals surface area contributed by atoms with Gasteiger partial charge in [-0.2, -0.15) is 0 Å². The lowest BCUT2D eigenvalue weighted by molar-refractivity contribution is 0.0686.